The lowest BCUT2D eigenvalue weighted by Gasteiger charge is -2.36. The van der Waals surface area contributed by atoms with E-state index in [1.165, 1.54) is 12.1 Å². The molecule has 0 N–H and O–H groups in total. The van der Waals surface area contributed by atoms with Crippen molar-refractivity contribution in [3.05, 3.63) is 41.7 Å². The minimum absolute atomic E-state index is 0.176. The number of hydrogen-bond acceptors (Lipinski definition) is 2. The number of rotatable bonds is 3. The number of carbonyl (C=O) groups excluding carboxylic acids is 1. The fourth-order valence-corrected chi connectivity index (χ4v) is 2.68. The maximum Gasteiger partial charge on any atom is 0.143 e. The van der Waals surface area contributed by atoms with Crippen LogP contribution in [0.15, 0.2) is 30.3 Å². The minimum atomic E-state index is -0.262. The van der Waals surface area contributed by atoms with Gasteiger partial charge in [0.25, 0.3) is 0 Å². The Bertz CT molecular complexity index is 474. The second-order valence-corrected chi connectivity index (χ2v) is 5.56. The molecule has 0 radical (unpaired) electrons. The van der Waals surface area contributed by atoms with Crippen LogP contribution in [-0.4, -0.2) is 18.5 Å². The number of halogens is 1. The highest BCUT2D eigenvalue weighted by Crippen LogP contribution is 2.37. The molecule has 1 aromatic carbocycles. The summed E-state index contributed by atoms with van der Waals surface area (Å²) >= 11 is 0. The van der Waals surface area contributed by atoms with E-state index >= 15 is 0 Å². The summed E-state index contributed by atoms with van der Waals surface area (Å²) < 4.78 is 18.7. The van der Waals surface area contributed by atoms with Crippen molar-refractivity contribution in [2.45, 2.75) is 32.3 Å². The maximum atomic E-state index is 13.0. The summed E-state index contributed by atoms with van der Waals surface area (Å²) in [6, 6.07) is 6.32. The van der Waals surface area contributed by atoms with E-state index in [-0.39, 0.29) is 17.3 Å². The van der Waals surface area contributed by atoms with E-state index in [4.69, 9.17) is 4.74 Å². The van der Waals surface area contributed by atoms with Crippen LogP contribution in [0.1, 0.15) is 32.3 Å². The molecule has 1 heterocycles. The first-order valence-electron chi connectivity index (χ1n) is 6.57. The minimum Gasteiger partial charge on any atom is -0.376 e. The molecule has 3 heteroatoms. The van der Waals surface area contributed by atoms with Crippen LogP contribution in [0.3, 0.4) is 0 Å². The largest absolute Gasteiger partial charge is 0.376 e. The fraction of sp³-hybridized carbons (Fsp3) is 0.438. The van der Waals surface area contributed by atoms with Crippen LogP contribution in [-0.2, 0) is 9.53 Å². The molecule has 2 rings (SSSR count). The lowest BCUT2D eigenvalue weighted by Crippen LogP contribution is -2.34. The molecule has 102 valence electrons. The van der Waals surface area contributed by atoms with Crippen LogP contribution in [0.5, 0.6) is 0 Å². The zero-order valence-corrected chi connectivity index (χ0v) is 11.4. The molecule has 1 atom stereocenters. The van der Waals surface area contributed by atoms with Crippen LogP contribution in [0.2, 0.25) is 0 Å². The van der Waals surface area contributed by atoms with E-state index in [0.29, 0.717) is 6.61 Å². The van der Waals surface area contributed by atoms with Crippen LogP contribution < -0.4 is 0 Å². The Labute approximate surface area is 113 Å². The number of benzene rings is 1. The highest BCUT2D eigenvalue weighted by atomic mass is 19.1. The van der Waals surface area contributed by atoms with Gasteiger partial charge in [0.1, 0.15) is 12.1 Å². The molecular formula is C16H19FO2. The zero-order valence-electron chi connectivity index (χ0n) is 11.4. The summed E-state index contributed by atoms with van der Waals surface area (Å²) in [4.78, 5) is 10.9. The van der Waals surface area contributed by atoms with Gasteiger partial charge in [-0.05, 0) is 62.0 Å². The first-order chi connectivity index (χ1) is 9.02. The van der Waals surface area contributed by atoms with Gasteiger partial charge < -0.3 is 4.74 Å². The van der Waals surface area contributed by atoms with E-state index in [2.05, 4.69) is 13.8 Å². The average Bonchev–Trinajstić information content (AvgIpc) is 2.36. The number of carbonyl (C=O) groups is 1. The number of aldehydes is 1. The summed E-state index contributed by atoms with van der Waals surface area (Å²) in [6.45, 7) is 4.81. The lowest BCUT2D eigenvalue weighted by atomic mass is 9.80. The molecule has 1 fully saturated rings. The molecule has 1 aliphatic rings. The number of hydrogen-bond donors (Lipinski definition) is 0. The highest BCUT2D eigenvalue weighted by molar-refractivity contribution is 5.82. The standard InChI is InChI=1S/C16H19FO2/c1-16(2)11-13(8-10-19-16)15(7-9-18)12-3-5-14(17)6-4-12/h3-7,9,13H,8,10-11H2,1-2H3/b15-7+. The summed E-state index contributed by atoms with van der Waals surface area (Å²) in [6.07, 6.45) is 4.16. The molecule has 2 nitrogen and oxygen atoms in total. The third-order valence-corrected chi connectivity index (χ3v) is 3.56. The van der Waals surface area contributed by atoms with E-state index in [0.717, 1.165) is 30.3 Å². The Morgan fingerprint density at radius 2 is 2.05 bits per heavy atom. The van der Waals surface area contributed by atoms with E-state index < -0.39 is 0 Å². The first-order valence-corrected chi connectivity index (χ1v) is 6.57. The van der Waals surface area contributed by atoms with Crippen molar-refractivity contribution in [1.82, 2.24) is 0 Å². The van der Waals surface area contributed by atoms with Crippen molar-refractivity contribution in [1.29, 1.82) is 0 Å². The molecule has 0 spiro atoms. The van der Waals surface area contributed by atoms with E-state index in [1.807, 2.05) is 0 Å². The molecule has 1 aliphatic heterocycles. The van der Waals surface area contributed by atoms with Crippen LogP contribution in [0.25, 0.3) is 5.57 Å². The lowest BCUT2D eigenvalue weighted by molar-refractivity contribution is -0.104. The predicted molar refractivity (Wildman–Crippen MR) is 73.2 cm³/mol. The van der Waals surface area contributed by atoms with Gasteiger partial charge in [-0.15, -0.1) is 0 Å². The molecule has 0 aromatic heterocycles. The molecule has 0 aliphatic carbocycles. The first kappa shape index (κ1) is 13.9. The van der Waals surface area contributed by atoms with Gasteiger partial charge in [0.15, 0.2) is 0 Å². The molecule has 1 unspecified atom stereocenters. The van der Waals surface area contributed by atoms with Crippen LogP contribution in [0, 0.1) is 11.7 Å². The third-order valence-electron chi connectivity index (χ3n) is 3.56. The summed E-state index contributed by atoms with van der Waals surface area (Å²) in [5.74, 6) is 0.0147. The fourth-order valence-electron chi connectivity index (χ4n) is 2.68. The molecule has 1 aromatic rings. The maximum absolute atomic E-state index is 13.0. The summed E-state index contributed by atoms with van der Waals surface area (Å²) in [5, 5.41) is 0. The molecule has 1 saturated heterocycles. The van der Waals surface area contributed by atoms with Crippen molar-refractivity contribution in [3.8, 4) is 0 Å². The van der Waals surface area contributed by atoms with E-state index in [1.54, 1.807) is 18.2 Å². The second kappa shape index (κ2) is 5.66. The van der Waals surface area contributed by atoms with Gasteiger partial charge in [-0.2, -0.15) is 0 Å². The Kier molecular flexibility index (Phi) is 4.15. The smallest absolute Gasteiger partial charge is 0.143 e. The molecular weight excluding hydrogens is 243 g/mol. The van der Waals surface area contributed by atoms with Gasteiger partial charge in [-0.3, -0.25) is 4.79 Å². The van der Waals surface area contributed by atoms with Crippen molar-refractivity contribution < 1.29 is 13.9 Å². The summed E-state index contributed by atoms with van der Waals surface area (Å²) in [7, 11) is 0. The summed E-state index contributed by atoms with van der Waals surface area (Å²) in [5.41, 5.74) is 1.72. The Balaban J connectivity index is 2.28. The van der Waals surface area contributed by atoms with Crippen molar-refractivity contribution in [3.63, 3.8) is 0 Å². The Morgan fingerprint density at radius 3 is 2.63 bits per heavy atom. The monoisotopic (exact) mass is 262 g/mol. The zero-order chi connectivity index (χ0) is 13.9. The number of ether oxygens (including phenoxy) is 1. The SMILES string of the molecule is CC1(C)CC(/C(=C/C=O)c2ccc(F)cc2)CCO1. The second-order valence-electron chi connectivity index (χ2n) is 5.56. The number of allylic oxidation sites excluding steroid dienone is 2. The topological polar surface area (TPSA) is 26.3 Å². The molecule has 19 heavy (non-hydrogen) atoms. The predicted octanol–water partition coefficient (Wildman–Crippen LogP) is 3.61. The quantitative estimate of drug-likeness (QED) is 0.614. The van der Waals surface area contributed by atoms with Gasteiger partial charge in [-0.1, -0.05) is 12.1 Å². The van der Waals surface area contributed by atoms with Gasteiger partial charge in [0.2, 0.25) is 0 Å². The molecule has 0 saturated carbocycles. The van der Waals surface area contributed by atoms with Crippen LogP contribution in [0.4, 0.5) is 4.39 Å². The Morgan fingerprint density at radius 1 is 1.37 bits per heavy atom. The van der Waals surface area contributed by atoms with Crippen molar-refractivity contribution in [2.75, 3.05) is 6.61 Å². The normalized spacial score (nSPS) is 23.1. The van der Waals surface area contributed by atoms with E-state index in [9.17, 15) is 9.18 Å². The third kappa shape index (κ3) is 3.51. The molecule has 0 bridgehead atoms. The van der Waals surface area contributed by atoms with Gasteiger partial charge in [0, 0.05) is 6.61 Å². The van der Waals surface area contributed by atoms with Gasteiger partial charge >= 0.3 is 0 Å². The van der Waals surface area contributed by atoms with Gasteiger partial charge in [0.05, 0.1) is 5.60 Å². The molecule has 0 amide bonds. The Hall–Kier alpha value is -1.48. The average molecular weight is 262 g/mol. The van der Waals surface area contributed by atoms with Gasteiger partial charge in [-0.25, -0.2) is 4.39 Å². The van der Waals surface area contributed by atoms with Crippen LogP contribution >= 0.6 is 0 Å². The van der Waals surface area contributed by atoms with Crippen molar-refractivity contribution in [2.24, 2.45) is 5.92 Å². The highest BCUT2D eigenvalue weighted by Gasteiger charge is 2.31. The van der Waals surface area contributed by atoms with Crippen molar-refractivity contribution >= 4 is 11.9 Å².